The minimum absolute atomic E-state index is 0. The molecule has 0 saturated heterocycles. The van der Waals surface area contributed by atoms with Crippen LogP contribution in [-0.4, -0.2) is 46.7 Å². The zero-order valence-corrected chi connectivity index (χ0v) is 23.6. The molecule has 0 spiro atoms. The van der Waals surface area contributed by atoms with Gasteiger partial charge in [-0.15, -0.1) is 12.4 Å². The molecule has 1 saturated carbocycles. The van der Waals surface area contributed by atoms with E-state index < -0.39 is 11.6 Å². The summed E-state index contributed by atoms with van der Waals surface area (Å²) >= 11 is 0. The number of carbonyl (C=O) groups is 1. The first-order chi connectivity index (χ1) is 18.9. The molecule has 1 heterocycles. The van der Waals surface area contributed by atoms with Crippen LogP contribution in [0.15, 0.2) is 47.3 Å². The Morgan fingerprint density at radius 2 is 1.75 bits per heavy atom. The molecule has 40 heavy (non-hydrogen) atoms. The lowest BCUT2D eigenvalue weighted by molar-refractivity contribution is -0.135. The molecular formula is C31H39ClF2N2O4. The number of H-pyrrole nitrogens is 1. The Morgan fingerprint density at radius 1 is 0.950 bits per heavy atom. The van der Waals surface area contributed by atoms with Crippen molar-refractivity contribution in [3.63, 3.8) is 0 Å². The van der Waals surface area contributed by atoms with Gasteiger partial charge in [-0.2, -0.15) is 0 Å². The second-order valence-corrected chi connectivity index (χ2v) is 10.4. The molecule has 1 amide bonds. The van der Waals surface area contributed by atoms with Crippen LogP contribution in [0, 0.1) is 11.6 Å². The molecule has 0 atom stereocenters. The van der Waals surface area contributed by atoms with Crippen molar-refractivity contribution >= 4 is 29.2 Å². The van der Waals surface area contributed by atoms with E-state index in [0.29, 0.717) is 12.1 Å². The molecule has 0 aliphatic heterocycles. The van der Waals surface area contributed by atoms with Crippen LogP contribution in [0.1, 0.15) is 68.9 Å². The first kappa shape index (κ1) is 31.6. The predicted octanol–water partition coefficient (Wildman–Crippen LogP) is 6.46. The molecule has 6 nitrogen and oxygen atoms in total. The van der Waals surface area contributed by atoms with Gasteiger partial charge in [0.1, 0.15) is 17.4 Å². The number of aromatic nitrogens is 1. The Morgan fingerprint density at radius 3 is 2.55 bits per heavy atom. The number of hydrogen-bond donors (Lipinski definition) is 2. The lowest BCUT2D eigenvalue weighted by atomic mass is 9.93. The molecule has 2 aromatic carbocycles. The molecular weight excluding hydrogens is 538 g/mol. The summed E-state index contributed by atoms with van der Waals surface area (Å²) in [5.41, 5.74) is 1.58. The summed E-state index contributed by atoms with van der Waals surface area (Å²) < 4.78 is 32.7. The van der Waals surface area contributed by atoms with Crippen molar-refractivity contribution in [1.29, 1.82) is 0 Å². The zero-order valence-electron chi connectivity index (χ0n) is 22.8. The van der Waals surface area contributed by atoms with Crippen molar-refractivity contribution in [2.24, 2.45) is 0 Å². The van der Waals surface area contributed by atoms with Gasteiger partial charge in [-0.05, 0) is 80.0 Å². The van der Waals surface area contributed by atoms with Crippen molar-refractivity contribution in [3.05, 3.63) is 75.6 Å². The predicted molar refractivity (Wildman–Crippen MR) is 155 cm³/mol. The minimum atomic E-state index is -0.475. The number of rotatable bonds is 13. The number of ether oxygens (including phenoxy) is 1. The van der Waals surface area contributed by atoms with E-state index in [1.165, 1.54) is 18.6 Å². The first-order valence-electron chi connectivity index (χ1n) is 14.1. The van der Waals surface area contributed by atoms with E-state index in [1.807, 2.05) is 11.0 Å². The van der Waals surface area contributed by atoms with Crippen molar-refractivity contribution in [2.45, 2.75) is 76.7 Å². The molecule has 0 unspecified atom stereocenters. The van der Waals surface area contributed by atoms with E-state index >= 15 is 0 Å². The highest BCUT2D eigenvalue weighted by Crippen LogP contribution is 2.27. The van der Waals surface area contributed by atoms with Crippen molar-refractivity contribution in [1.82, 2.24) is 9.88 Å². The maximum Gasteiger partial charge on any atom is 0.248 e. The number of aromatic amines is 1. The van der Waals surface area contributed by atoms with Crippen LogP contribution in [-0.2, 0) is 22.4 Å². The van der Waals surface area contributed by atoms with Crippen LogP contribution >= 0.6 is 12.4 Å². The third-order valence-electron chi connectivity index (χ3n) is 7.63. The van der Waals surface area contributed by atoms with Gasteiger partial charge in [-0.25, -0.2) is 8.78 Å². The van der Waals surface area contributed by atoms with Crippen LogP contribution in [0.5, 0.6) is 5.75 Å². The summed E-state index contributed by atoms with van der Waals surface area (Å²) in [4.78, 5) is 29.5. The maximum absolute atomic E-state index is 13.8. The fourth-order valence-corrected chi connectivity index (χ4v) is 5.51. The van der Waals surface area contributed by atoms with Gasteiger partial charge in [0.25, 0.3) is 0 Å². The van der Waals surface area contributed by atoms with Gasteiger partial charge in [0.15, 0.2) is 0 Å². The minimum Gasteiger partial charge on any atom is -0.506 e. The van der Waals surface area contributed by atoms with E-state index in [4.69, 9.17) is 4.74 Å². The Balaban J connectivity index is 0.00000441. The molecule has 9 heteroatoms. The number of nitrogens with one attached hydrogen (secondary N) is 1. The number of phenols is 1. The molecule has 2 N–H and O–H groups in total. The van der Waals surface area contributed by atoms with Crippen LogP contribution in [0.4, 0.5) is 8.78 Å². The Bertz CT molecular complexity index is 1310. The number of aryl methyl sites for hydroxylation is 1. The van der Waals surface area contributed by atoms with Crippen molar-refractivity contribution in [2.75, 3.05) is 19.8 Å². The molecule has 218 valence electrons. The Hall–Kier alpha value is -2.97. The van der Waals surface area contributed by atoms with Crippen LogP contribution in [0.3, 0.4) is 0 Å². The van der Waals surface area contributed by atoms with Gasteiger partial charge < -0.3 is 19.7 Å². The van der Waals surface area contributed by atoms with Gasteiger partial charge in [0.2, 0.25) is 11.5 Å². The van der Waals surface area contributed by atoms with Gasteiger partial charge in [-0.3, -0.25) is 9.59 Å². The number of aromatic hydroxyl groups is 1. The quantitative estimate of drug-likeness (QED) is 0.229. The lowest BCUT2D eigenvalue weighted by Gasteiger charge is -2.34. The number of unbranched alkanes of at least 4 members (excludes halogenated alkanes) is 2. The number of nitrogens with zero attached hydrogens (tertiary/aromatic N) is 1. The van der Waals surface area contributed by atoms with Gasteiger partial charge in [0.05, 0.1) is 25.2 Å². The first-order valence-corrected chi connectivity index (χ1v) is 14.1. The smallest absolute Gasteiger partial charge is 0.248 e. The second-order valence-electron chi connectivity index (χ2n) is 10.4. The lowest BCUT2D eigenvalue weighted by Crippen LogP contribution is -2.42. The largest absolute Gasteiger partial charge is 0.506 e. The van der Waals surface area contributed by atoms with Gasteiger partial charge >= 0.3 is 0 Å². The molecule has 1 aliphatic carbocycles. The van der Waals surface area contributed by atoms with E-state index in [2.05, 4.69) is 4.98 Å². The van der Waals surface area contributed by atoms with E-state index in [9.17, 15) is 23.5 Å². The normalized spacial score (nSPS) is 13.8. The highest BCUT2D eigenvalue weighted by atomic mass is 35.5. The molecule has 0 bridgehead atoms. The van der Waals surface area contributed by atoms with Gasteiger partial charge in [-0.1, -0.05) is 31.7 Å². The number of amides is 1. The van der Waals surface area contributed by atoms with E-state index in [0.717, 1.165) is 74.4 Å². The Kier molecular flexibility index (Phi) is 12.4. The zero-order chi connectivity index (χ0) is 27.6. The average molecular weight is 577 g/mol. The summed E-state index contributed by atoms with van der Waals surface area (Å²) in [5, 5.41) is 10.9. The van der Waals surface area contributed by atoms with Gasteiger partial charge in [0, 0.05) is 24.0 Å². The average Bonchev–Trinajstić information content (AvgIpc) is 2.94. The third-order valence-corrected chi connectivity index (χ3v) is 7.63. The van der Waals surface area contributed by atoms with E-state index in [-0.39, 0.29) is 67.3 Å². The SMILES string of the molecule is Cl.O=C(CCOCCc1cc(F)ccc1F)N(CCCCCc1ccc(O)c2[nH]c(=O)ccc12)C1CCCCC1. The summed E-state index contributed by atoms with van der Waals surface area (Å²) in [6.07, 6.45) is 9.70. The summed E-state index contributed by atoms with van der Waals surface area (Å²) in [7, 11) is 0. The Labute approximate surface area is 240 Å². The molecule has 4 rings (SSSR count). The molecule has 3 aromatic rings. The van der Waals surface area contributed by atoms with E-state index in [1.54, 1.807) is 12.1 Å². The highest BCUT2D eigenvalue weighted by molar-refractivity contribution is 5.87. The van der Waals surface area contributed by atoms with Crippen LogP contribution in [0.25, 0.3) is 10.9 Å². The molecule has 1 fully saturated rings. The summed E-state index contributed by atoms with van der Waals surface area (Å²) in [5.74, 6) is -0.768. The maximum atomic E-state index is 13.8. The third kappa shape index (κ3) is 8.77. The van der Waals surface area contributed by atoms with Crippen LogP contribution < -0.4 is 5.56 Å². The number of halogens is 3. The molecule has 1 aliphatic rings. The fraction of sp³-hybridized carbons (Fsp3) is 0.484. The number of carbonyl (C=O) groups excluding carboxylic acids is 1. The molecule has 0 radical (unpaired) electrons. The second kappa shape index (κ2) is 15.7. The number of pyridine rings is 1. The summed E-state index contributed by atoms with van der Waals surface area (Å²) in [6.45, 7) is 1.20. The fourth-order valence-electron chi connectivity index (χ4n) is 5.51. The number of hydrogen-bond acceptors (Lipinski definition) is 4. The van der Waals surface area contributed by atoms with Crippen LogP contribution in [0.2, 0.25) is 0 Å². The molecule has 1 aromatic heterocycles. The van der Waals surface area contributed by atoms with Crippen molar-refractivity contribution in [3.8, 4) is 5.75 Å². The highest BCUT2D eigenvalue weighted by Gasteiger charge is 2.24. The monoisotopic (exact) mass is 576 g/mol. The number of phenolic OH excluding ortho intramolecular Hbond substituents is 1. The summed E-state index contributed by atoms with van der Waals surface area (Å²) in [6, 6.07) is 10.4. The van der Waals surface area contributed by atoms with Crippen molar-refractivity contribution < 1.29 is 23.4 Å². The topological polar surface area (TPSA) is 82.6 Å². The number of fused-ring (bicyclic) bond motifs is 1. The number of benzene rings is 2. The standard InChI is InChI=1S/C31H38F2N2O4.ClH/c32-24-11-13-27(33)23(21-24)16-19-39-20-17-30(38)35(25-8-4-1-5-9-25)18-6-2-3-7-22-10-14-28(36)31-26(22)12-15-29(37)34-31;/h10-15,21,25,36H,1-9,16-20H2,(H,34,37);1H.